The van der Waals surface area contributed by atoms with Gasteiger partial charge in [0, 0.05) is 0 Å². The number of aryl methyl sites for hydroxylation is 1. The van der Waals surface area contributed by atoms with Gasteiger partial charge in [0.05, 0.1) is 19.2 Å². The average molecular weight is 191 g/mol. The molecular formula is C11H13NO2. The third-order valence-corrected chi connectivity index (χ3v) is 2.25. The van der Waals surface area contributed by atoms with Crippen LogP contribution in [0.2, 0.25) is 0 Å². The quantitative estimate of drug-likeness (QED) is 0.713. The highest BCUT2D eigenvalue weighted by Crippen LogP contribution is 2.24. The van der Waals surface area contributed by atoms with Crippen LogP contribution in [0.15, 0.2) is 23.2 Å². The first-order valence-electron chi connectivity index (χ1n) is 4.64. The van der Waals surface area contributed by atoms with Crippen molar-refractivity contribution in [2.45, 2.75) is 6.92 Å². The van der Waals surface area contributed by atoms with E-state index < -0.39 is 0 Å². The molecular weight excluding hydrogens is 178 g/mol. The van der Waals surface area contributed by atoms with Crippen LogP contribution in [0.5, 0.6) is 5.75 Å². The monoisotopic (exact) mass is 191 g/mol. The van der Waals surface area contributed by atoms with Crippen LogP contribution in [-0.4, -0.2) is 26.2 Å². The second-order valence-electron chi connectivity index (χ2n) is 3.19. The highest BCUT2D eigenvalue weighted by Gasteiger charge is 2.17. The zero-order valence-corrected chi connectivity index (χ0v) is 8.41. The van der Waals surface area contributed by atoms with Crippen LogP contribution in [-0.2, 0) is 4.74 Å². The predicted molar refractivity (Wildman–Crippen MR) is 55.1 cm³/mol. The fourth-order valence-corrected chi connectivity index (χ4v) is 1.57. The maximum absolute atomic E-state index is 5.43. The van der Waals surface area contributed by atoms with Gasteiger partial charge in [0.15, 0.2) is 0 Å². The zero-order chi connectivity index (χ0) is 9.97. The van der Waals surface area contributed by atoms with Gasteiger partial charge in [0.1, 0.15) is 12.4 Å². The summed E-state index contributed by atoms with van der Waals surface area (Å²) >= 11 is 0. The van der Waals surface area contributed by atoms with E-state index in [1.54, 1.807) is 7.11 Å². The van der Waals surface area contributed by atoms with Gasteiger partial charge in [-0.2, -0.15) is 0 Å². The lowest BCUT2D eigenvalue weighted by molar-refractivity contribution is 0.345. The Bertz CT molecular complexity index is 372. The summed E-state index contributed by atoms with van der Waals surface area (Å²) in [4.78, 5) is 4.29. The molecule has 3 heteroatoms. The maximum Gasteiger partial charge on any atom is 0.220 e. The predicted octanol–water partition coefficient (Wildman–Crippen LogP) is 1.78. The SMILES string of the molecule is COc1cccc(C)c1C1=NCCO1. The minimum Gasteiger partial charge on any atom is -0.496 e. The fraction of sp³-hybridized carbons (Fsp3) is 0.364. The van der Waals surface area contributed by atoms with E-state index in [1.807, 2.05) is 25.1 Å². The van der Waals surface area contributed by atoms with Gasteiger partial charge < -0.3 is 9.47 Å². The summed E-state index contributed by atoms with van der Waals surface area (Å²) in [7, 11) is 1.66. The molecule has 1 aromatic rings. The summed E-state index contributed by atoms with van der Waals surface area (Å²) < 4.78 is 10.7. The van der Waals surface area contributed by atoms with Crippen molar-refractivity contribution in [3.8, 4) is 5.75 Å². The Balaban J connectivity index is 2.48. The van der Waals surface area contributed by atoms with Crippen LogP contribution in [0.1, 0.15) is 11.1 Å². The summed E-state index contributed by atoms with van der Waals surface area (Å²) in [5, 5.41) is 0. The molecule has 0 N–H and O–H groups in total. The molecule has 0 aliphatic carbocycles. The molecule has 0 atom stereocenters. The van der Waals surface area contributed by atoms with Crippen LogP contribution in [0, 0.1) is 6.92 Å². The Morgan fingerprint density at radius 3 is 2.93 bits per heavy atom. The summed E-state index contributed by atoms with van der Waals surface area (Å²) in [5.41, 5.74) is 2.11. The van der Waals surface area contributed by atoms with Crippen molar-refractivity contribution in [3.63, 3.8) is 0 Å². The number of nitrogens with zero attached hydrogens (tertiary/aromatic N) is 1. The van der Waals surface area contributed by atoms with E-state index in [0.717, 1.165) is 23.4 Å². The van der Waals surface area contributed by atoms with Crippen LogP contribution in [0.4, 0.5) is 0 Å². The van der Waals surface area contributed by atoms with Crippen molar-refractivity contribution in [1.29, 1.82) is 0 Å². The van der Waals surface area contributed by atoms with Crippen LogP contribution >= 0.6 is 0 Å². The molecule has 1 aliphatic rings. The van der Waals surface area contributed by atoms with Crippen molar-refractivity contribution in [1.82, 2.24) is 0 Å². The van der Waals surface area contributed by atoms with E-state index in [4.69, 9.17) is 9.47 Å². The van der Waals surface area contributed by atoms with Crippen LogP contribution in [0.25, 0.3) is 0 Å². The minimum atomic E-state index is 0.673. The van der Waals surface area contributed by atoms with Crippen molar-refractivity contribution < 1.29 is 9.47 Å². The Kier molecular flexibility index (Phi) is 2.39. The molecule has 0 saturated carbocycles. The molecule has 2 rings (SSSR count). The summed E-state index contributed by atoms with van der Waals surface area (Å²) in [6, 6.07) is 5.92. The van der Waals surface area contributed by atoms with Gasteiger partial charge in [-0.05, 0) is 18.6 Å². The first-order chi connectivity index (χ1) is 6.83. The molecule has 74 valence electrons. The molecule has 0 unspecified atom stereocenters. The van der Waals surface area contributed by atoms with Gasteiger partial charge in [-0.1, -0.05) is 12.1 Å². The van der Waals surface area contributed by atoms with Crippen molar-refractivity contribution in [2.24, 2.45) is 4.99 Å². The molecule has 0 radical (unpaired) electrons. The van der Waals surface area contributed by atoms with Gasteiger partial charge in [-0.15, -0.1) is 0 Å². The molecule has 3 nitrogen and oxygen atoms in total. The van der Waals surface area contributed by atoms with E-state index in [-0.39, 0.29) is 0 Å². The molecule has 0 fully saturated rings. The van der Waals surface area contributed by atoms with Gasteiger partial charge in [0.25, 0.3) is 0 Å². The number of benzene rings is 1. The molecule has 0 spiro atoms. The molecule has 0 aromatic heterocycles. The third-order valence-electron chi connectivity index (χ3n) is 2.25. The Hall–Kier alpha value is -1.51. The number of rotatable bonds is 2. The summed E-state index contributed by atoms with van der Waals surface area (Å²) in [6.07, 6.45) is 0. The molecule has 0 amide bonds. The highest BCUT2D eigenvalue weighted by molar-refractivity contribution is 5.99. The standard InChI is InChI=1S/C11H13NO2/c1-8-4-3-5-9(13-2)10(8)11-12-6-7-14-11/h3-5H,6-7H2,1-2H3. The van der Waals surface area contributed by atoms with E-state index >= 15 is 0 Å². The van der Waals surface area contributed by atoms with E-state index in [1.165, 1.54) is 0 Å². The lowest BCUT2D eigenvalue weighted by atomic mass is 10.1. The number of hydrogen-bond donors (Lipinski definition) is 0. The minimum absolute atomic E-state index is 0.673. The van der Waals surface area contributed by atoms with Crippen molar-refractivity contribution >= 4 is 5.90 Å². The topological polar surface area (TPSA) is 30.8 Å². The highest BCUT2D eigenvalue weighted by atomic mass is 16.5. The Labute approximate surface area is 83.4 Å². The molecule has 0 saturated heterocycles. The lowest BCUT2D eigenvalue weighted by Crippen LogP contribution is -2.06. The van der Waals surface area contributed by atoms with Gasteiger partial charge in [-0.25, -0.2) is 4.99 Å². The lowest BCUT2D eigenvalue weighted by Gasteiger charge is -2.10. The smallest absolute Gasteiger partial charge is 0.220 e. The maximum atomic E-state index is 5.43. The Morgan fingerprint density at radius 1 is 1.43 bits per heavy atom. The van der Waals surface area contributed by atoms with E-state index in [0.29, 0.717) is 12.5 Å². The second kappa shape index (κ2) is 3.70. The van der Waals surface area contributed by atoms with Gasteiger partial charge in [0.2, 0.25) is 5.90 Å². The Morgan fingerprint density at radius 2 is 2.29 bits per heavy atom. The number of methoxy groups -OCH3 is 1. The molecule has 0 bridgehead atoms. The summed E-state index contributed by atoms with van der Waals surface area (Å²) in [6.45, 7) is 3.45. The van der Waals surface area contributed by atoms with Gasteiger partial charge >= 0.3 is 0 Å². The number of aliphatic imine (C=N–C) groups is 1. The molecule has 1 aromatic carbocycles. The average Bonchev–Trinajstić information content (AvgIpc) is 2.70. The van der Waals surface area contributed by atoms with Gasteiger partial charge in [-0.3, -0.25) is 0 Å². The van der Waals surface area contributed by atoms with Crippen LogP contribution in [0.3, 0.4) is 0 Å². The van der Waals surface area contributed by atoms with E-state index in [9.17, 15) is 0 Å². The first-order valence-corrected chi connectivity index (χ1v) is 4.64. The first kappa shape index (κ1) is 9.06. The van der Waals surface area contributed by atoms with Crippen molar-refractivity contribution in [3.05, 3.63) is 29.3 Å². The second-order valence-corrected chi connectivity index (χ2v) is 3.19. The largest absolute Gasteiger partial charge is 0.496 e. The normalized spacial score (nSPS) is 14.9. The molecule has 1 aliphatic heterocycles. The zero-order valence-electron chi connectivity index (χ0n) is 8.41. The third kappa shape index (κ3) is 1.45. The fourth-order valence-electron chi connectivity index (χ4n) is 1.57. The molecule has 1 heterocycles. The number of ether oxygens (including phenoxy) is 2. The van der Waals surface area contributed by atoms with Crippen LogP contribution < -0.4 is 4.74 Å². The summed E-state index contributed by atoms with van der Waals surface area (Å²) in [5.74, 6) is 1.53. The molecule has 14 heavy (non-hydrogen) atoms. The van der Waals surface area contributed by atoms with E-state index in [2.05, 4.69) is 4.99 Å². The number of hydrogen-bond acceptors (Lipinski definition) is 3. The van der Waals surface area contributed by atoms with Crippen molar-refractivity contribution in [2.75, 3.05) is 20.3 Å².